The van der Waals surface area contributed by atoms with Crippen molar-refractivity contribution in [3.63, 3.8) is 0 Å². The molecule has 3 nitrogen and oxygen atoms in total. The van der Waals surface area contributed by atoms with E-state index in [4.69, 9.17) is 4.74 Å². The number of methoxy groups -OCH3 is 1. The third-order valence-corrected chi connectivity index (χ3v) is 2.56. The smallest absolute Gasteiger partial charge is 0.235 e. The molecule has 0 heterocycles. The van der Waals surface area contributed by atoms with E-state index in [9.17, 15) is 4.79 Å². The third kappa shape index (κ3) is 2.16. The molecule has 0 aromatic heterocycles. The normalized spacial score (nSPS) is 35.7. The summed E-state index contributed by atoms with van der Waals surface area (Å²) in [4.78, 5) is 14.0. The Morgan fingerprint density at radius 3 is 3.00 bits per heavy atom. The van der Waals surface area contributed by atoms with Gasteiger partial charge in [-0.3, -0.25) is 0 Å². The van der Waals surface area contributed by atoms with Gasteiger partial charge in [0.25, 0.3) is 0 Å². The van der Waals surface area contributed by atoms with Crippen molar-refractivity contribution in [3.05, 3.63) is 0 Å². The molecule has 1 aliphatic carbocycles. The van der Waals surface area contributed by atoms with E-state index in [0.29, 0.717) is 0 Å². The SMILES string of the molecule is CO[C@@H]1CCC[C@](C)(N=C=O)C1. The predicted octanol–water partition coefficient (Wildman–Crippen LogP) is 1.67. The summed E-state index contributed by atoms with van der Waals surface area (Å²) < 4.78 is 5.24. The maximum atomic E-state index is 10.1. The highest BCUT2D eigenvalue weighted by atomic mass is 16.5. The van der Waals surface area contributed by atoms with Crippen molar-refractivity contribution in [1.29, 1.82) is 0 Å². The highest BCUT2D eigenvalue weighted by Gasteiger charge is 2.31. The average molecular weight is 169 g/mol. The van der Waals surface area contributed by atoms with E-state index in [1.165, 1.54) is 0 Å². The highest BCUT2D eigenvalue weighted by Crippen LogP contribution is 2.32. The van der Waals surface area contributed by atoms with Crippen LogP contribution >= 0.6 is 0 Å². The molecule has 0 N–H and O–H groups in total. The van der Waals surface area contributed by atoms with Crippen LogP contribution < -0.4 is 0 Å². The molecule has 2 atom stereocenters. The maximum absolute atomic E-state index is 10.1. The van der Waals surface area contributed by atoms with Crippen LogP contribution in [0.15, 0.2) is 4.99 Å². The summed E-state index contributed by atoms with van der Waals surface area (Å²) in [6.07, 6.45) is 5.89. The van der Waals surface area contributed by atoms with Crippen LogP contribution in [-0.4, -0.2) is 24.8 Å². The number of hydrogen-bond acceptors (Lipinski definition) is 3. The molecule has 1 rings (SSSR count). The Hall–Kier alpha value is -0.660. The summed E-state index contributed by atoms with van der Waals surface area (Å²) in [6.45, 7) is 1.99. The van der Waals surface area contributed by atoms with Crippen molar-refractivity contribution in [2.45, 2.75) is 44.2 Å². The van der Waals surface area contributed by atoms with Crippen molar-refractivity contribution in [2.75, 3.05) is 7.11 Å². The second-order valence-corrected chi connectivity index (χ2v) is 3.65. The minimum Gasteiger partial charge on any atom is -0.381 e. The Balaban J connectivity index is 2.60. The molecule has 0 unspecified atom stereocenters. The first-order valence-corrected chi connectivity index (χ1v) is 4.32. The highest BCUT2D eigenvalue weighted by molar-refractivity contribution is 5.34. The van der Waals surface area contributed by atoms with Gasteiger partial charge in [0.15, 0.2) is 0 Å². The zero-order valence-electron chi connectivity index (χ0n) is 7.67. The molecule has 3 heteroatoms. The molecule has 1 aliphatic rings. The van der Waals surface area contributed by atoms with Crippen molar-refractivity contribution in [2.24, 2.45) is 4.99 Å². The van der Waals surface area contributed by atoms with Gasteiger partial charge in [-0.1, -0.05) is 0 Å². The minimum atomic E-state index is -0.222. The lowest BCUT2D eigenvalue weighted by atomic mass is 9.82. The fraction of sp³-hybridized carbons (Fsp3) is 0.889. The molecule has 0 aliphatic heterocycles. The number of carbonyl (C=O) groups excluding carboxylic acids is 1. The van der Waals surface area contributed by atoms with Gasteiger partial charge in [-0.2, -0.15) is 4.99 Å². The van der Waals surface area contributed by atoms with E-state index < -0.39 is 0 Å². The minimum absolute atomic E-state index is 0.222. The van der Waals surface area contributed by atoms with E-state index in [-0.39, 0.29) is 11.6 Å². The standard InChI is InChI=1S/C9H15NO2/c1-9(10-7-11)5-3-4-8(6-9)12-2/h8H,3-6H2,1-2H3/t8-,9+/m1/s1. The van der Waals surface area contributed by atoms with Crippen LogP contribution in [-0.2, 0) is 9.53 Å². The van der Waals surface area contributed by atoms with Crippen LogP contribution in [0.4, 0.5) is 0 Å². The molecule has 1 fully saturated rings. The summed E-state index contributed by atoms with van der Waals surface area (Å²) in [5, 5.41) is 0. The quantitative estimate of drug-likeness (QED) is 0.466. The number of rotatable bonds is 2. The van der Waals surface area contributed by atoms with Crippen molar-refractivity contribution < 1.29 is 9.53 Å². The van der Waals surface area contributed by atoms with Gasteiger partial charge in [0.2, 0.25) is 6.08 Å². The fourth-order valence-corrected chi connectivity index (χ4v) is 1.82. The molecule has 68 valence electrons. The van der Waals surface area contributed by atoms with E-state index in [1.54, 1.807) is 13.2 Å². The molecule has 0 amide bonds. The molecule has 0 spiro atoms. The first-order valence-electron chi connectivity index (χ1n) is 4.32. The van der Waals surface area contributed by atoms with Crippen LogP contribution in [0.25, 0.3) is 0 Å². The lowest BCUT2D eigenvalue weighted by molar-refractivity contribution is 0.0465. The first kappa shape index (κ1) is 9.43. The molecule has 1 saturated carbocycles. The van der Waals surface area contributed by atoms with Gasteiger partial charge in [0.1, 0.15) is 0 Å². The molecule has 0 aromatic carbocycles. The third-order valence-electron chi connectivity index (χ3n) is 2.56. The Morgan fingerprint density at radius 2 is 2.42 bits per heavy atom. The Kier molecular flexibility index (Phi) is 3.01. The average Bonchev–Trinajstić information content (AvgIpc) is 2.04. The lowest BCUT2D eigenvalue weighted by Crippen LogP contribution is -2.33. The van der Waals surface area contributed by atoms with Crippen molar-refractivity contribution in [3.8, 4) is 0 Å². The van der Waals surface area contributed by atoms with E-state index in [1.807, 2.05) is 6.92 Å². The number of hydrogen-bond donors (Lipinski definition) is 0. The Labute approximate surface area is 72.8 Å². The fourth-order valence-electron chi connectivity index (χ4n) is 1.82. The van der Waals surface area contributed by atoms with Crippen LogP contribution in [0.1, 0.15) is 32.6 Å². The topological polar surface area (TPSA) is 38.7 Å². The van der Waals surface area contributed by atoms with Gasteiger partial charge in [0, 0.05) is 7.11 Å². The zero-order valence-corrected chi connectivity index (χ0v) is 7.67. The van der Waals surface area contributed by atoms with Crippen molar-refractivity contribution in [1.82, 2.24) is 0 Å². The second kappa shape index (κ2) is 3.83. The monoisotopic (exact) mass is 169 g/mol. The van der Waals surface area contributed by atoms with Gasteiger partial charge in [-0.25, -0.2) is 4.79 Å². The van der Waals surface area contributed by atoms with Gasteiger partial charge in [-0.15, -0.1) is 0 Å². The first-order chi connectivity index (χ1) is 5.70. The molecule has 0 saturated heterocycles. The Morgan fingerprint density at radius 1 is 1.67 bits per heavy atom. The van der Waals surface area contributed by atoms with Crippen LogP contribution in [0, 0.1) is 0 Å². The summed E-state index contributed by atoms with van der Waals surface area (Å²) in [5.74, 6) is 0. The number of ether oxygens (including phenoxy) is 1. The van der Waals surface area contributed by atoms with E-state index in [2.05, 4.69) is 4.99 Å². The van der Waals surface area contributed by atoms with Crippen molar-refractivity contribution >= 4 is 6.08 Å². The second-order valence-electron chi connectivity index (χ2n) is 3.65. The molecule has 12 heavy (non-hydrogen) atoms. The molecular weight excluding hydrogens is 154 g/mol. The molecule has 0 bridgehead atoms. The van der Waals surface area contributed by atoms with Crippen LogP contribution in [0.2, 0.25) is 0 Å². The summed E-state index contributed by atoms with van der Waals surface area (Å²) in [7, 11) is 1.71. The number of isocyanates is 1. The molecular formula is C9H15NO2. The van der Waals surface area contributed by atoms with Gasteiger partial charge >= 0.3 is 0 Å². The number of aliphatic imine (C=N–C) groups is 1. The predicted molar refractivity (Wildman–Crippen MR) is 45.8 cm³/mol. The Bertz CT molecular complexity index is 199. The van der Waals surface area contributed by atoms with Gasteiger partial charge in [-0.05, 0) is 32.6 Å². The summed E-state index contributed by atoms with van der Waals surface area (Å²) >= 11 is 0. The molecule has 0 aromatic rings. The van der Waals surface area contributed by atoms with E-state index >= 15 is 0 Å². The largest absolute Gasteiger partial charge is 0.381 e. The summed E-state index contributed by atoms with van der Waals surface area (Å²) in [5.41, 5.74) is -0.222. The van der Waals surface area contributed by atoms with Crippen LogP contribution in [0.3, 0.4) is 0 Å². The lowest BCUT2D eigenvalue weighted by Gasteiger charge is -2.32. The maximum Gasteiger partial charge on any atom is 0.235 e. The van der Waals surface area contributed by atoms with E-state index in [0.717, 1.165) is 25.7 Å². The molecule has 0 radical (unpaired) electrons. The summed E-state index contributed by atoms with van der Waals surface area (Å²) in [6, 6.07) is 0. The van der Waals surface area contributed by atoms with Gasteiger partial charge < -0.3 is 4.74 Å². The number of nitrogens with zero attached hydrogens (tertiary/aromatic N) is 1. The van der Waals surface area contributed by atoms with Crippen LogP contribution in [0.5, 0.6) is 0 Å². The zero-order chi connectivity index (χ0) is 9.03. The van der Waals surface area contributed by atoms with Gasteiger partial charge in [0.05, 0.1) is 11.6 Å².